The van der Waals surface area contributed by atoms with Gasteiger partial charge in [-0.15, -0.1) is 0 Å². The molecule has 0 aromatic heterocycles. The lowest BCUT2D eigenvalue weighted by Crippen LogP contribution is -2.90. The second-order valence-electron chi connectivity index (χ2n) is 10.4. The van der Waals surface area contributed by atoms with E-state index in [1.165, 1.54) is 11.8 Å². The van der Waals surface area contributed by atoms with Crippen molar-refractivity contribution in [3.63, 3.8) is 0 Å². The summed E-state index contributed by atoms with van der Waals surface area (Å²) in [5.74, 6) is -2.70. The highest BCUT2D eigenvalue weighted by Gasteiger charge is 2.76. The summed E-state index contributed by atoms with van der Waals surface area (Å²) in [4.78, 5) is 33.9. The molecule has 0 saturated carbocycles. The Labute approximate surface area is 208 Å². The number of rotatable bonds is 4. The first-order valence-corrected chi connectivity index (χ1v) is 11.9. The van der Waals surface area contributed by atoms with E-state index >= 15 is 0 Å². The largest absolute Gasteiger partial charge is 0.492 e. The predicted molar refractivity (Wildman–Crippen MR) is 129 cm³/mol. The number of ether oxygens (including phenoxy) is 1. The number of nitrogens with one attached hydrogen (secondary N) is 4. The van der Waals surface area contributed by atoms with Crippen LogP contribution in [0.1, 0.15) is 43.1 Å². The summed E-state index contributed by atoms with van der Waals surface area (Å²) < 4.78 is 5.87. The Balaban J connectivity index is 1.46. The molecule has 13 nitrogen and oxygen atoms in total. The number of nitrogens with two attached hydrogens (primary N) is 2. The molecular weight excluding hydrogens is 468 g/mol. The van der Waals surface area contributed by atoms with Crippen LogP contribution in [0.5, 0.6) is 5.75 Å². The summed E-state index contributed by atoms with van der Waals surface area (Å²) in [6.45, 7) is 6.07. The van der Waals surface area contributed by atoms with Crippen LogP contribution in [0, 0.1) is 0 Å². The highest BCUT2D eigenvalue weighted by molar-refractivity contribution is 5.98. The SMILES string of the molecule is CC(=O)NC[C@@H]1N=C(N)N2CC(NC(=O)c3cccc4c3OCCC4(C)C)C(O)(O)C23NC(N)=[NH+][C@@H]13. The van der Waals surface area contributed by atoms with Gasteiger partial charge in [0.2, 0.25) is 11.7 Å². The Morgan fingerprint density at radius 3 is 2.81 bits per heavy atom. The van der Waals surface area contributed by atoms with Gasteiger partial charge in [0.05, 0.1) is 18.7 Å². The molecule has 4 aliphatic rings. The topological polar surface area (TPSA) is 202 Å². The summed E-state index contributed by atoms with van der Waals surface area (Å²) in [6, 6.07) is 2.76. The van der Waals surface area contributed by atoms with Gasteiger partial charge < -0.3 is 31.3 Å². The molecule has 36 heavy (non-hydrogen) atoms. The van der Waals surface area contributed by atoms with E-state index in [-0.39, 0.29) is 36.3 Å². The number of fused-ring (bicyclic) bond motifs is 1. The monoisotopic (exact) mass is 501 g/mol. The second-order valence-corrected chi connectivity index (χ2v) is 10.4. The molecule has 4 aliphatic heterocycles. The average molecular weight is 502 g/mol. The minimum absolute atomic E-state index is 0.0250. The molecule has 0 bridgehead atoms. The summed E-state index contributed by atoms with van der Waals surface area (Å²) >= 11 is 0. The molecule has 13 heteroatoms. The number of aliphatic hydroxyl groups is 2. The van der Waals surface area contributed by atoms with Gasteiger partial charge in [-0.05, 0) is 17.9 Å². The molecule has 0 radical (unpaired) electrons. The first-order chi connectivity index (χ1) is 16.9. The van der Waals surface area contributed by atoms with Gasteiger partial charge in [-0.1, -0.05) is 26.0 Å². The van der Waals surface area contributed by atoms with Crippen LogP contribution >= 0.6 is 0 Å². The van der Waals surface area contributed by atoms with Crippen molar-refractivity contribution in [2.45, 2.75) is 62.2 Å². The Morgan fingerprint density at radius 2 is 2.08 bits per heavy atom. The zero-order valence-electron chi connectivity index (χ0n) is 20.5. The van der Waals surface area contributed by atoms with Gasteiger partial charge in [-0.25, -0.2) is 10.3 Å². The number of carbonyl (C=O) groups excluding carboxylic acids is 2. The van der Waals surface area contributed by atoms with Gasteiger partial charge in [-0.3, -0.25) is 25.2 Å². The van der Waals surface area contributed by atoms with E-state index < -0.39 is 35.5 Å². The smallest absolute Gasteiger partial charge is 0.343 e. The normalized spacial score (nSPS) is 31.0. The average Bonchev–Trinajstić information content (AvgIpc) is 3.26. The zero-order chi connectivity index (χ0) is 26.0. The van der Waals surface area contributed by atoms with Crippen molar-refractivity contribution < 1.29 is 29.5 Å². The van der Waals surface area contributed by atoms with Crippen LogP contribution in [0.2, 0.25) is 0 Å². The van der Waals surface area contributed by atoms with Crippen LogP contribution in [0.25, 0.3) is 0 Å². The lowest BCUT2D eigenvalue weighted by atomic mass is 9.79. The van der Waals surface area contributed by atoms with E-state index in [2.05, 4.69) is 39.8 Å². The van der Waals surface area contributed by atoms with Crippen LogP contribution in [0.4, 0.5) is 0 Å². The highest BCUT2D eigenvalue weighted by atomic mass is 16.5. The summed E-state index contributed by atoms with van der Waals surface area (Å²) in [5, 5.41) is 31.5. The van der Waals surface area contributed by atoms with E-state index in [4.69, 9.17) is 16.2 Å². The molecule has 1 aromatic rings. The summed E-state index contributed by atoms with van der Waals surface area (Å²) in [7, 11) is 0. The molecule has 0 aliphatic carbocycles. The van der Waals surface area contributed by atoms with Crippen molar-refractivity contribution in [2.24, 2.45) is 16.5 Å². The predicted octanol–water partition coefficient (Wildman–Crippen LogP) is -4.26. The number of hydrogen-bond acceptors (Lipinski definition) is 10. The highest BCUT2D eigenvalue weighted by Crippen LogP contribution is 2.42. The molecule has 1 saturated heterocycles. The lowest BCUT2D eigenvalue weighted by Gasteiger charge is -2.46. The third-order valence-electron chi connectivity index (χ3n) is 7.71. The standard InChI is InChI=1S/C23H32N8O5/c1-11(32)26-9-14-17-22(30-19(24)29-17)23(34,35)15(10-31(22)20(25)27-14)28-18(33)12-5-4-6-13-16(12)36-8-7-21(13,2)3/h4-6,14-15,17,34-35H,7-10H2,1-3H3,(H2,25,27)(H,26,32)(H,28,33)(H3,24,29,30)/p+1/t14-,15?,17-,22?/m0/s1. The fraction of sp³-hybridized carbons (Fsp3) is 0.565. The molecule has 10 N–H and O–H groups in total. The van der Waals surface area contributed by atoms with Crippen molar-refractivity contribution in [3.8, 4) is 5.75 Å². The van der Waals surface area contributed by atoms with Gasteiger partial charge in [0.25, 0.3) is 11.6 Å². The molecule has 1 spiro atoms. The van der Waals surface area contributed by atoms with Crippen molar-refractivity contribution in [1.82, 2.24) is 20.9 Å². The Morgan fingerprint density at radius 1 is 1.33 bits per heavy atom. The first kappa shape index (κ1) is 24.1. The van der Waals surface area contributed by atoms with Crippen molar-refractivity contribution >= 4 is 23.7 Å². The number of guanidine groups is 2. The maximum absolute atomic E-state index is 13.4. The maximum atomic E-state index is 13.4. The number of para-hydroxylation sites is 1. The molecule has 1 fully saturated rings. The van der Waals surface area contributed by atoms with Crippen LogP contribution in [-0.2, 0) is 10.2 Å². The fourth-order valence-corrected chi connectivity index (χ4v) is 5.77. The molecule has 4 atom stereocenters. The molecule has 2 unspecified atom stereocenters. The van der Waals surface area contributed by atoms with Crippen molar-refractivity contribution in [1.29, 1.82) is 0 Å². The molecule has 1 aromatic carbocycles. The Bertz CT molecular complexity index is 1180. The van der Waals surface area contributed by atoms with E-state index in [9.17, 15) is 19.8 Å². The maximum Gasteiger partial charge on any atom is 0.343 e. The number of aliphatic imine (C=N–C) groups is 1. The van der Waals surface area contributed by atoms with Gasteiger partial charge in [0, 0.05) is 19.0 Å². The minimum atomic E-state index is -2.54. The van der Waals surface area contributed by atoms with Gasteiger partial charge in [0.15, 0.2) is 12.0 Å². The van der Waals surface area contributed by atoms with Crippen molar-refractivity contribution in [2.75, 3.05) is 19.7 Å². The summed E-state index contributed by atoms with van der Waals surface area (Å²) in [6.07, 6.45) is 0.817. The Hall–Kier alpha value is -3.58. The number of carbonyl (C=O) groups is 2. The van der Waals surface area contributed by atoms with Gasteiger partial charge >= 0.3 is 5.96 Å². The fourth-order valence-electron chi connectivity index (χ4n) is 5.77. The molecule has 5 rings (SSSR count). The van der Waals surface area contributed by atoms with Crippen LogP contribution in [0.3, 0.4) is 0 Å². The lowest BCUT2D eigenvalue weighted by molar-refractivity contribution is -0.521. The van der Waals surface area contributed by atoms with E-state index in [0.29, 0.717) is 17.9 Å². The number of benzene rings is 1. The molecule has 2 amide bonds. The summed E-state index contributed by atoms with van der Waals surface area (Å²) in [5.41, 5.74) is 11.7. The van der Waals surface area contributed by atoms with E-state index in [1.54, 1.807) is 12.1 Å². The number of amides is 2. The zero-order valence-corrected chi connectivity index (χ0v) is 20.5. The third kappa shape index (κ3) is 3.37. The van der Waals surface area contributed by atoms with E-state index in [0.717, 1.165) is 12.0 Å². The Kier molecular flexibility index (Phi) is 5.34. The number of nitrogens with zero attached hydrogens (tertiary/aromatic N) is 2. The quantitative estimate of drug-likeness (QED) is 0.188. The van der Waals surface area contributed by atoms with Gasteiger partial charge in [-0.2, -0.15) is 0 Å². The van der Waals surface area contributed by atoms with Crippen molar-refractivity contribution in [3.05, 3.63) is 29.3 Å². The van der Waals surface area contributed by atoms with Crippen LogP contribution in [-0.4, -0.2) is 88.1 Å². The molecular formula is C23H33N8O5+. The molecule has 194 valence electrons. The van der Waals surface area contributed by atoms with E-state index in [1.807, 2.05) is 6.07 Å². The third-order valence-corrected chi connectivity index (χ3v) is 7.71. The molecule has 4 heterocycles. The van der Waals surface area contributed by atoms with Crippen LogP contribution < -0.4 is 37.1 Å². The van der Waals surface area contributed by atoms with Gasteiger partial charge in [0.1, 0.15) is 17.8 Å². The van der Waals surface area contributed by atoms with Crippen LogP contribution in [0.15, 0.2) is 23.2 Å². The second kappa shape index (κ2) is 7.96. The first-order valence-electron chi connectivity index (χ1n) is 11.9. The minimum Gasteiger partial charge on any atom is -0.492 e. The number of hydrogen-bond donors (Lipinski definition) is 8.